The molecule has 0 radical (unpaired) electrons. The first-order chi connectivity index (χ1) is 14.3. The van der Waals surface area contributed by atoms with Gasteiger partial charge in [0.15, 0.2) is 0 Å². The van der Waals surface area contributed by atoms with E-state index in [1.165, 1.54) is 16.6 Å². The minimum Gasteiger partial charge on any atom is -0.383 e. The Kier molecular flexibility index (Phi) is 8.10. The first-order valence-electron chi connectivity index (χ1n) is 9.39. The number of benzene rings is 1. The van der Waals surface area contributed by atoms with E-state index in [4.69, 9.17) is 10.5 Å². The van der Waals surface area contributed by atoms with E-state index in [1.54, 1.807) is 0 Å². The third-order valence-corrected chi connectivity index (χ3v) is 4.37. The number of nitrogens with one attached hydrogen (secondary N) is 2. The van der Waals surface area contributed by atoms with Gasteiger partial charge >= 0.3 is 5.69 Å². The van der Waals surface area contributed by atoms with Crippen LogP contribution in [0.15, 0.2) is 27.8 Å². The van der Waals surface area contributed by atoms with Gasteiger partial charge in [-0.1, -0.05) is 13.3 Å². The van der Waals surface area contributed by atoms with Crippen molar-refractivity contribution in [3.8, 4) is 0 Å². The number of carbonyl (C=O) groups excluding carboxylic acids is 1. The van der Waals surface area contributed by atoms with Gasteiger partial charge in [-0.3, -0.25) is 19.1 Å². The van der Waals surface area contributed by atoms with Gasteiger partial charge in [-0.05, 0) is 18.6 Å². The molecule has 0 spiro atoms. The number of nitrogens with zero attached hydrogens (tertiary/aromatic N) is 2. The average Bonchev–Trinajstić information content (AvgIpc) is 2.67. The lowest BCUT2D eigenvalue weighted by Gasteiger charge is -2.25. The van der Waals surface area contributed by atoms with Crippen LogP contribution in [-0.2, 0) is 16.1 Å². The van der Waals surface area contributed by atoms with Crippen LogP contribution in [0.2, 0.25) is 0 Å². The highest BCUT2D eigenvalue weighted by Crippen LogP contribution is 2.18. The molecule has 9 nitrogen and oxygen atoms in total. The number of H-pyrrole nitrogens is 1. The molecule has 164 valence electrons. The van der Waals surface area contributed by atoms with E-state index in [2.05, 4.69) is 10.3 Å². The molecule has 2 aromatic rings. The fourth-order valence-electron chi connectivity index (χ4n) is 2.85. The Morgan fingerprint density at radius 2 is 2.07 bits per heavy atom. The molecule has 1 aromatic heterocycles. The third kappa shape index (κ3) is 5.66. The molecule has 0 saturated heterocycles. The molecule has 0 bridgehead atoms. The number of nitrogens with two attached hydrogens (primary N) is 1. The predicted octanol–water partition coefficient (Wildman–Crippen LogP) is 1.29. The van der Waals surface area contributed by atoms with Gasteiger partial charge in [0.1, 0.15) is 23.1 Å². The largest absolute Gasteiger partial charge is 0.383 e. The van der Waals surface area contributed by atoms with Crippen LogP contribution in [-0.4, -0.2) is 42.3 Å². The van der Waals surface area contributed by atoms with Gasteiger partial charge in [0, 0.05) is 26.3 Å². The van der Waals surface area contributed by atoms with Crippen molar-refractivity contribution in [1.29, 1.82) is 0 Å². The zero-order chi connectivity index (χ0) is 22.3. The molecule has 0 aliphatic rings. The molecule has 0 atom stereocenters. The van der Waals surface area contributed by atoms with Crippen LogP contribution in [0, 0.1) is 11.6 Å². The SMILES string of the molecule is CCCCn1c(N)c(N(CCOC)CC(=O)Nc2ccc(F)cc2F)c(=O)[nH]c1=O. The molecule has 30 heavy (non-hydrogen) atoms. The predicted molar refractivity (Wildman–Crippen MR) is 110 cm³/mol. The molecule has 0 saturated carbocycles. The van der Waals surface area contributed by atoms with E-state index in [1.807, 2.05) is 6.92 Å². The molecular weight excluding hydrogens is 400 g/mol. The second kappa shape index (κ2) is 10.5. The van der Waals surface area contributed by atoms with Crippen LogP contribution in [0.5, 0.6) is 0 Å². The number of hydrogen-bond acceptors (Lipinski definition) is 6. The number of amides is 1. The van der Waals surface area contributed by atoms with E-state index in [0.29, 0.717) is 19.0 Å². The summed E-state index contributed by atoms with van der Waals surface area (Å²) < 4.78 is 33.1. The summed E-state index contributed by atoms with van der Waals surface area (Å²) in [6.07, 6.45) is 1.47. The molecule has 4 N–H and O–H groups in total. The number of aromatic amines is 1. The number of ether oxygens (including phenoxy) is 1. The number of unbranched alkanes of at least 4 members (excludes halogenated alkanes) is 1. The summed E-state index contributed by atoms with van der Waals surface area (Å²) in [5, 5.41) is 2.33. The lowest BCUT2D eigenvalue weighted by molar-refractivity contribution is -0.115. The minimum absolute atomic E-state index is 0.0579. The smallest absolute Gasteiger partial charge is 0.330 e. The highest BCUT2D eigenvalue weighted by atomic mass is 19.1. The van der Waals surface area contributed by atoms with Crippen molar-refractivity contribution >= 4 is 23.1 Å². The zero-order valence-electron chi connectivity index (χ0n) is 16.8. The fourth-order valence-corrected chi connectivity index (χ4v) is 2.85. The Balaban J connectivity index is 2.34. The number of rotatable bonds is 10. The quantitative estimate of drug-likeness (QED) is 0.527. The van der Waals surface area contributed by atoms with Crippen molar-refractivity contribution < 1.29 is 18.3 Å². The van der Waals surface area contributed by atoms with Crippen molar-refractivity contribution in [3.63, 3.8) is 0 Å². The maximum atomic E-state index is 13.8. The van der Waals surface area contributed by atoms with Gasteiger partial charge in [-0.15, -0.1) is 0 Å². The van der Waals surface area contributed by atoms with E-state index in [-0.39, 0.29) is 36.9 Å². The minimum atomic E-state index is -0.933. The van der Waals surface area contributed by atoms with Crippen molar-refractivity contribution in [2.45, 2.75) is 26.3 Å². The number of hydrogen-bond donors (Lipinski definition) is 3. The van der Waals surface area contributed by atoms with Crippen LogP contribution >= 0.6 is 0 Å². The molecule has 1 amide bonds. The maximum Gasteiger partial charge on any atom is 0.330 e. The molecule has 11 heteroatoms. The van der Waals surface area contributed by atoms with Crippen LogP contribution < -0.4 is 27.2 Å². The first-order valence-corrected chi connectivity index (χ1v) is 9.39. The normalized spacial score (nSPS) is 10.8. The second-order valence-corrected chi connectivity index (χ2v) is 6.59. The average molecular weight is 425 g/mol. The highest BCUT2D eigenvalue weighted by molar-refractivity contribution is 5.94. The Morgan fingerprint density at radius 3 is 2.70 bits per heavy atom. The van der Waals surface area contributed by atoms with Gasteiger partial charge in [-0.25, -0.2) is 13.6 Å². The zero-order valence-corrected chi connectivity index (χ0v) is 16.8. The van der Waals surface area contributed by atoms with Gasteiger partial charge in [0.05, 0.1) is 18.8 Å². The van der Waals surface area contributed by atoms with Crippen molar-refractivity contribution in [1.82, 2.24) is 9.55 Å². The molecule has 0 aliphatic carbocycles. The topological polar surface area (TPSA) is 122 Å². The maximum absolute atomic E-state index is 13.8. The van der Waals surface area contributed by atoms with Crippen LogP contribution in [0.4, 0.5) is 26.0 Å². The van der Waals surface area contributed by atoms with E-state index < -0.39 is 28.8 Å². The standard InChI is InChI=1S/C19H25F2N5O4/c1-3-4-7-26-17(22)16(18(28)24-19(26)29)25(8-9-30-2)11-15(27)23-14-6-5-12(20)10-13(14)21/h5-6,10H,3-4,7-9,11,22H2,1-2H3,(H,23,27)(H,24,28,29). The van der Waals surface area contributed by atoms with Gasteiger partial charge in [-0.2, -0.15) is 0 Å². The molecule has 2 rings (SSSR count). The summed E-state index contributed by atoms with van der Waals surface area (Å²) in [6.45, 7) is 2.13. The first kappa shape index (κ1) is 23.1. The molecule has 0 fully saturated rings. The van der Waals surface area contributed by atoms with Crippen molar-refractivity contribution in [2.75, 3.05) is 42.8 Å². The molecular formula is C19H25F2N5O4. The van der Waals surface area contributed by atoms with E-state index in [9.17, 15) is 23.2 Å². The summed E-state index contributed by atoms with van der Waals surface area (Å²) >= 11 is 0. The number of nitrogen functional groups attached to an aromatic ring is 1. The summed E-state index contributed by atoms with van der Waals surface area (Å²) in [6, 6.07) is 2.74. The van der Waals surface area contributed by atoms with Crippen molar-refractivity contribution in [3.05, 3.63) is 50.7 Å². The summed E-state index contributed by atoms with van der Waals surface area (Å²) in [5.41, 5.74) is 4.44. The van der Waals surface area contributed by atoms with E-state index >= 15 is 0 Å². The number of methoxy groups -OCH3 is 1. The van der Waals surface area contributed by atoms with Crippen LogP contribution in [0.1, 0.15) is 19.8 Å². The van der Waals surface area contributed by atoms with Crippen LogP contribution in [0.25, 0.3) is 0 Å². The Hall–Kier alpha value is -3.21. The lowest BCUT2D eigenvalue weighted by atomic mass is 10.3. The Bertz CT molecular complexity index is 1010. The van der Waals surface area contributed by atoms with E-state index in [0.717, 1.165) is 18.6 Å². The van der Waals surface area contributed by atoms with Crippen LogP contribution in [0.3, 0.4) is 0 Å². The molecule has 1 heterocycles. The Morgan fingerprint density at radius 1 is 1.33 bits per heavy atom. The molecule has 0 unspecified atom stereocenters. The van der Waals surface area contributed by atoms with Crippen molar-refractivity contribution in [2.24, 2.45) is 0 Å². The van der Waals surface area contributed by atoms with Gasteiger partial charge in [0.25, 0.3) is 5.56 Å². The third-order valence-electron chi connectivity index (χ3n) is 4.37. The number of anilines is 3. The molecule has 0 aliphatic heterocycles. The monoisotopic (exact) mass is 425 g/mol. The summed E-state index contributed by atoms with van der Waals surface area (Å²) in [5.74, 6) is -2.45. The number of carbonyl (C=O) groups is 1. The summed E-state index contributed by atoms with van der Waals surface area (Å²) in [4.78, 5) is 40.6. The number of aromatic nitrogens is 2. The van der Waals surface area contributed by atoms with Gasteiger partial charge in [0.2, 0.25) is 5.91 Å². The molecule has 1 aromatic carbocycles. The lowest BCUT2D eigenvalue weighted by Crippen LogP contribution is -2.42. The fraction of sp³-hybridized carbons (Fsp3) is 0.421. The van der Waals surface area contributed by atoms with Gasteiger partial charge < -0.3 is 20.7 Å². The Labute approximate surface area is 171 Å². The number of halogens is 2. The summed E-state index contributed by atoms with van der Waals surface area (Å²) in [7, 11) is 1.45. The highest BCUT2D eigenvalue weighted by Gasteiger charge is 2.21. The second-order valence-electron chi connectivity index (χ2n) is 6.59.